The lowest BCUT2D eigenvalue weighted by Crippen LogP contribution is -2.62. The summed E-state index contributed by atoms with van der Waals surface area (Å²) in [6, 6.07) is -10.8. The number of rotatable bonds is 32. The number of unbranched alkanes of at least 4 members (excludes halogenated alkanes) is 2. The maximum atomic E-state index is 14.6. The van der Waals surface area contributed by atoms with Gasteiger partial charge in [-0.15, -0.1) is 0 Å². The Balaban J connectivity index is 1.70. The molecule has 4 rings (SSSR count). The molecule has 36 heteroatoms. The molecule has 20 N–H and O–H groups in total. The number of aromatic nitrogens is 1. The topological polar surface area (TPSA) is 556 Å². The van der Waals surface area contributed by atoms with Crippen molar-refractivity contribution in [1.29, 1.82) is 0 Å². The molecule has 0 bridgehead atoms. The third-order valence-electron chi connectivity index (χ3n) is 14.6. The van der Waals surface area contributed by atoms with Crippen molar-refractivity contribution in [3.8, 4) is 17.0 Å². The van der Waals surface area contributed by atoms with E-state index in [1.54, 1.807) is 0 Å². The lowest BCUT2D eigenvalue weighted by Gasteiger charge is -2.34. The maximum Gasteiger partial charge on any atom is 0.328 e. The van der Waals surface area contributed by atoms with Crippen LogP contribution in [0.1, 0.15) is 117 Å². The Kier molecular flexibility index (Phi) is 29.4. The third kappa shape index (κ3) is 22.8. The predicted octanol–water partition coefficient (Wildman–Crippen LogP) is -4.93. The number of pyridine rings is 1. The summed E-state index contributed by atoms with van der Waals surface area (Å²) in [5.41, 5.74) is 16.4. The van der Waals surface area contributed by atoms with Gasteiger partial charge in [-0.1, -0.05) is 0 Å². The molecule has 91 heavy (non-hydrogen) atoms. The summed E-state index contributed by atoms with van der Waals surface area (Å²) in [6.45, 7) is 3.31. The van der Waals surface area contributed by atoms with Crippen molar-refractivity contribution in [3.05, 3.63) is 28.4 Å². The number of aromatic hydroxyl groups is 1. The van der Waals surface area contributed by atoms with Crippen LogP contribution in [0.4, 0.5) is 11.5 Å². The number of benzene rings is 1. The highest BCUT2D eigenvalue weighted by atomic mass is 16.5. The van der Waals surface area contributed by atoms with Crippen LogP contribution >= 0.6 is 0 Å². The van der Waals surface area contributed by atoms with E-state index in [9.17, 15) is 87.4 Å². The second-order valence-electron chi connectivity index (χ2n) is 21.8. The number of aliphatic carboxylic acids is 1. The van der Waals surface area contributed by atoms with Crippen LogP contribution in [0.5, 0.6) is 5.75 Å². The number of amides is 12. The summed E-state index contributed by atoms with van der Waals surface area (Å²) in [6.07, 6.45) is -3.62. The molecule has 3 aliphatic heterocycles. The summed E-state index contributed by atoms with van der Waals surface area (Å²) in [7, 11) is 0. The van der Waals surface area contributed by atoms with Gasteiger partial charge in [0.2, 0.25) is 77.3 Å². The van der Waals surface area contributed by atoms with Crippen molar-refractivity contribution >= 4 is 95.3 Å². The number of carbonyl (C=O) groups is 14. The van der Waals surface area contributed by atoms with Crippen LogP contribution in [-0.4, -0.2) is 206 Å². The van der Waals surface area contributed by atoms with Crippen LogP contribution in [0.25, 0.3) is 11.3 Å². The number of hydroxylamine groups is 4. The first-order valence-electron chi connectivity index (χ1n) is 29.4. The van der Waals surface area contributed by atoms with Crippen LogP contribution in [0.3, 0.4) is 0 Å². The standard InChI is InChI=1S/C55H82N16O20/c1-28-47(80)60-29(2)48(81)63-33(12-8-20-69(89)26-72)50(83)66-35(11-5-7-18-57)55(88)91-30(3)45(54(87)61-28)68-51(84)32(10-4-6-17-56)64-49(82)34(13-9-21-70(90)27-73)65-52(85)37(24-42(58)76)67-53(86)38-16-19-59-46-36(62-43(77)14-15-44(78)79)22-31-23-40(74)41(75)25-39(31)71(38)46/h22-23,25-30,32-35,37-38,45,59,74,89-90H,4-21,24,56-57H2,1-3H3,(H2,58,76)(H,60,80)(H,61,87)(H,62,77)(H,63,81)(H,64,82)(H,65,85)(H,66,83)(H,67,86)(H,68,84)(H,78,79)/t28?,29?,30?,32?,33?,34?,35?,37?,38-,45?/m0/s1. The normalized spacial score (nSPS) is 20.6. The highest BCUT2D eigenvalue weighted by Crippen LogP contribution is 2.40. The van der Waals surface area contributed by atoms with Gasteiger partial charge < -0.3 is 89.9 Å². The molecule has 0 aromatic heterocycles. The summed E-state index contributed by atoms with van der Waals surface area (Å²) in [5, 5.41) is 65.0. The van der Waals surface area contributed by atoms with Gasteiger partial charge in [0, 0.05) is 37.7 Å². The number of carboxylic acids is 1. The molecule has 36 nitrogen and oxygen atoms in total. The molecule has 4 aliphatic rings. The zero-order chi connectivity index (χ0) is 67.6. The number of phenolic OH excluding ortho intramolecular Hbond substituents is 1. The zero-order valence-corrected chi connectivity index (χ0v) is 50.5. The van der Waals surface area contributed by atoms with Gasteiger partial charge in [-0.25, -0.2) is 14.9 Å². The molecule has 0 spiro atoms. The SMILES string of the molecule is CC1NC(=O)C(C)NC(=O)C(NC(=O)C(CCCCN)NC(=O)C(CCCN(O)C=O)NC(=O)C(CC(N)=O)NC(=O)[C@@H]2CCNc3c(NC(=O)CCC(=O)O)cc4cc(O)c(=O)cc-4n32)C(C)OC(=O)C(CCCCN)NC(=O)C(CCCN(O)C=O)NC1=O. The highest BCUT2D eigenvalue weighted by Gasteiger charge is 2.39. The van der Waals surface area contributed by atoms with E-state index in [-0.39, 0.29) is 125 Å². The number of nitrogens with zero attached hydrogens (tertiary/aromatic N) is 3. The molecule has 9 unspecified atom stereocenters. The minimum absolute atomic E-state index is 0.00337. The van der Waals surface area contributed by atoms with Crippen LogP contribution in [0.2, 0.25) is 0 Å². The van der Waals surface area contributed by atoms with Crippen molar-refractivity contribution in [2.75, 3.05) is 43.4 Å². The van der Waals surface area contributed by atoms with Gasteiger partial charge in [0.1, 0.15) is 66.3 Å². The Morgan fingerprint density at radius 2 is 1.27 bits per heavy atom. The molecule has 12 amide bonds. The molecule has 0 radical (unpaired) electrons. The number of phenols is 1. The fourth-order valence-corrected chi connectivity index (χ4v) is 9.72. The molecular weight excluding hydrogens is 1200 g/mol. The summed E-state index contributed by atoms with van der Waals surface area (Å²) in [5.74, 6) is -13.2. The van der Waals surface area contributed by atoms with Gasteiger partial charge in [-0.05, 0) is 117 Å². The van der Waals surface area contributed by atoms with Gasteiger partial charge in [0.05, 0.1) is 24.2 Å². The lowest BCUT2D eigenvalue weighted by atomic mass is 10.0. The Bertz CT molecular complexity index is 3000. The smallest absolute Gasteiger partial charge is 0.328 e. The summed E-state index contributed by atoms with van der Waals surface area (Å²) >= 11 is 0. The van der Waals surface area contributed by atoms with E-state index in [0.29, 0.717) is 11.5 Å². The summed E-state index contributed by atoms with van der Waals surface area (Å²) < 4.78 is 7.03. The Hall–Kier alpha value is -9.55. The quantitative estimate of drug-likeness (QED) is 0.0107. The van der Waals surface area contributed by atoms with Crippen LogP contribution in [0.15, 0.2) is 23.0 Å². The number of fused-ring (bicyclic) bond motifs is 3. The van der Waals surface area contributed by atoms with Crippen molar-refractivity contribution in [2.45, 2.75) is 171 Å². The molecule has 1 aliphatic carbocycles. The number of nitrogens with two attached hydrogens (primary N) is 3. The molecule has 502 valence electrons. The number of esters is 1. The largest absolute Gasteiger partial charge is 0.504 e. The second kappa shape index (κ2) is 36.2. The van der Waals surface area contributed by atoms with E-state index in [1.165, 1.54) is 31.4 Å². The predicted molar refractivity (Wildman–Crippen MR) is 316 cm³/mol. The number of carboxylic acid groups (broad SMARTS) is 1. The van der Waals surface area contributed by atoms with E-state index in [0.717, 1.165) is 12.1 Å². The minimum Gasteiger partial charge on any atom is -0.504 e. The highest BCUT2D eigenvalue weighted by molar-refractivity contribution is 6.00. The fourth-order valence-electron chi connectivity index (χ4n) is 9.72. The Morgan fingerprint density at radius 3 is 1.90 bits per heavy atom. The number of carbonyl (C=O) groups excluding carboxylic acids is 13. The first-order chi connectivity index (χ1) is 43.1. The molecule has 3 heterocycles. The van der Waals surface area contributed by atoms with Crippen molar-refractivity contribution < 1.29 is 92.5 Å². The third-order valence-corrected chi connectivity index (χ3v) is 14.6. The van der Waals surface area contributed by atoms with E-state index in [4.69, 9.17) is 27.0 Å². The monoisotopic (exact) mass is 1290 g/mol. The van der Waals surface area contributed by atoms with Gasteiger partial charge in [-0.3, -0.25) is 77.5 Å². The number of cyclic esters (lactones) is 1. The van der Waals surface area contributed by atoms with E-state index in [2.05, 4.69) is 53.2 Å². The number of hydrogen-bond donors (Lipinski definition) is 17. The van der Waals surface area contributed by atoms with E-state index in [1.807, 2.05) is 0 Å². The van der Waals surface area contributed by atoms with E-state index < -0.39 is 175 Å². The first kappa shape index (κ1) is 73.9. The van der Waals surface area contributed by atoms with Crippen molar-refractivity contribution in [1.82, 2.24) is 57.2 Å². The van der Waals surface area contributed by atoms with Crippen LogP contribution in [-0.2, 0) is 71.9 Å². The molecule has 0 aromatic rings. The Morgan fingerprint density at radius 1 is 0.703 bits per heavy atom. The van der Waals surface area contributed by atoms with Gasteiger partial charge in [-0.2, -0.15) is 0 Å². The number of anilines is 2. The van der Waals surface area contributed by atoms with Crippen LogP contribution < -0.4 is 75.8 Å². The number of ether oxygens (including phenoxy) is 1. The second-order valence-corrected chi connectivity index (χ2v) is 21.8. The molecule has 1 fully saturated rings. The summed E-state index contributed by atoms with van der Waals surface area (Å²) in [4.78, 5) is 199. The zero-order valence-electron chi connectivity index (χ0n) is 50.5. The maximum absolute atomic E-state index is 14.6. The molecule has 0 saturated carbocycles. The molecule has 1 saturated heterocycles. The van der Waals surface area contributed by atoms with Gasteiger partial charge >= 0.3 is 11.9 Å². The Labute approximate surface area is 520 Å². The molecular formula is C55H82N16O20. The number of nitrogens with one attached hydrogen (secondary N) is 10. The first-order valence-corrected chi connectivity index (χ1v) is 29.4. The van der Waals surface area contributed by atoms with Crippen molar-refractivity contribution in [3.63, 3.8) is 0 Å². The van der Waals surface area contributed by atoms with Crippen LogP contribution in [0, 0.1) is 0 Å². The van der Waals surface area contributed by atoms with Gasteiger partial charge in [0.15, 0.2) is 5.75 Å². The molecule has 10 atom stereocenters. The van der Waals surface area contributed by atoms with Gasteiger partial charge in [0.25, 0.3) is 0 Å². The lowest BCUT2D eigenvalue weighted by molar-refractivity contribution is -0.156. The minimum atomic E-state index is -1.90. The fraction of sp³-hybridized carbons (Fsp3) is 0.582. The number of primary amides is 1. The number of hydrogen-bond acceptors (Lipinski definition) is 22. The van der Waals surface area contributed by atoms with Crippen molar-refractivity contribution in [2.24, 2.45) is 17.2 Å². The van der Waals surface area contributed by atoms with E-state index >= 15 is 0 Å². The average Bonchev–Trinajstić information content (AvgIpc) is 0.774. The average molecular weight is 1290 g/mol. The molecule has 0 aromatic carbocycles.